The number of nitrogens with one attached hydrogen (secondary N) is 1. The van der Waals surface area contributed by atoms with Crippen molar-refractivity contribution in [2.75, 3.05) is 20.2 Å². The molecule has 0 unspecified atom stereocenters. The molecule has 1 N–H and O–H groups in total. The van der Waals surface area contributed by atoms with Crippen LogP contribution in [0.2, 0.25) is 0 Å². The van der Waals surface area contributed by atoms with Crippen LogP contribution in [0, 0.1) is 11.7 Å². The number of hydrogen-bond donors (Lipinski definition) is 1. The number of likely N-dealkylation sites (tertiary alicyclic amines) is 1. The van der Waals surface area contributed by atoms with Crippen LogP contribution in [0.4, 0.5) is 4.39 Å². The maximum atomic E-state index is 14.2. The van der Waals surface area contributed by atoms with Crippen LogP contribution in [0.15, 0.2) is 24.4 Å². The van der Waals surface area contributed by atoms with Gasteiger partial charge in [-0.1, -0.05) is 19.9 Å². The molecule has 1 atom stereocenters. The van der Waals surface area contributed by atoms with Crippen molar-refractivity contribution >= 4 is 0 Å². The molecule has 3 rings (SSSR count). The van der Waals surface area contributed by atoms with Crippen LogP contribution in [0.3, 0.4) is 0 Å². The molecular weight excluding hydrogens is 317 g/mol. The summed E-state index contributed by atoms with van der Waals surface area (Å²) in [6.45, 7) is 7.06. The lowest BCUT2D eigenvalue weighted by Crippen LogP contribution is -2.34. The smallest absolute Gasteiger partial charge is 0.131 e. The van der Waals surface area contributed by atoms with Crippen LogP contribution >= 0.6 is 0 Å². The van der Waals surface area contributed by atoms with Crippen LogP contribution in [0.25, 0.3) is 0 Å². The number of halogens is 1. The van der Waals surface area contributed by atoms with Gasteiger partial charge in [-0.05, 0) is 43.4 Å². The topological polar surface area (TPSA) is 41.1 Å². The average Bonchev–Trinajstić information content (AvgIpc) is 3.04. The third-order valence-electron chi connectivity index (χ3n) is 4.95. The lowest BCUT2D eigenvalue weighted by Gasteiger charge is -2.33. The fourth-order valence-electron chi connectivity index (χ4n) is 3.74. The number of methoxy groups -OCH3 is 1. The van der Waals surface area contributed by atoms with E-state index in [4.69, 9.17) is 4.74 Å². The van der Waals surface area contributed by atoms with E-state index >= 15 is 0 Å². The Morgan fingerprint density at radius 1 is 1.36 bits per heavy atom. The Hall–Kier alpha value is -1.88. The Balaban J connectivity index is 1.68. The summed E-state index contributed by atoms with van der Waals surface area (Å²) in [5.41, 5.74) is 3.33. The molecule has 5 heteroatoms. The number of piperidine rings is 1. The Bertz CT molecular complexity index is 698. The van der Waals surface area contributed by atoms with Crippen molar-refractivity contribution < 1.29 is 9.13 Å². The van der Waals surface area contributed by atoms with Gasteiger partial charge in [0.05, 0.1) is 13.3 Å². The molecule has 0 amide bonds. The third-order valence-corrected chi connectivity index (χ3v) is 4.95. The van der Waals surface area contributed by atoms with Crippen LogP contribution in [-0.4, -0.2) is 35.3 Å². The molecule has 2 heterocycles. The summed E-state index contributed by atoms with van der Waals surface area (Å²) >= 11 is 0. The SMILES string of the molecule is COc1ccc(CN2CCC[C@H](c3[nH]ncc3CC(C)C)C2)c(F)c1. The van der Waals surface area contributed by atoms with Crippen molar-refractivity contribution in [3.8, 4) is 5.75 Å². The molecular formula is C20H28FN3O. The molecule has 1 saturated heterocycles. The number of ether oxygens (including phenoxy) is 1. The van der Waals surface area contributed by atoms with Gasteiger partial charge in [0.15, 0.2) is 0 Å². The summed E-state index contributed by atoms with van der Waals surface area (Å²) in [6, 6.07) is 5.13. The largest absolute Gasteiger partial charge is 0.497 e. The number of aromatic amines is 1. The van der Waals surface area contributed by atoms with E-state index in [2.05, 4.69) is 28.9 Å². The average molecular weight is 345 g/mol. The molecule has 2 aromatic rings. The predicted molar refractivity (Wildman–Crippen MR) is 97.3 cm³/mol. The zero-order valence-corrected chi connectivity index (χ0v) is 15.4. The van der Waals surface area contributed by atoms with E-state index in [9.17, 15) is 4.39 Å². The minimum absolute atomic E-state index is 0.191. The van der Waals surface area contributed by atoms with Gasteiger partial charge in [0.2, 0.25) is 0 Å². The number of H-pyrrole nitrogens is 1. The monoisotopic (exact) mass is 345 g/mol. The summed E-state index contributed by atoms with van der Waals surface area (Å²) in [4.78, 5) is 2.35. The maximum absolute atomic E-state index is 14.2. The summed E-state index contributed by atoms with van der Waals surface area (Å²) in [6.07, 6.45) is 5.31. The van der Waals surface area contributed by atoms with Crippen LogP contribution in [0.1, 0.15) is 49.4 Å². The molecule has 0 spiro atoms. The highest BCUT2D eigenvalue weighted by atomic mass is 19.1. The second kappa shape index (κ2) is 8.00. The summed E-state index contributed by atoms with van der Waals surface area (Å²) in [5, 5.41) is 7.50. The molecule has 1 aliphatic rings. The van der Waals surface area contributed by atoms with E-state index in [0.717, 1.165) is 37.9 Å². The number of nitrogens with zero attached hydrogens (tertiary/aromatic N) is 2. The summed E-state index contributed by atoms with van der Waals surface area (Å²) in [7, 11) is 1.56. The highest BCUT2D eigenvalue weighted by Crippen LogP contribution is 2.30. The van der Waals surface area contributed by atoms with Gasteiger partial charge in [-0.25, -0.2) is 4.39 Å². The van der Waals surface area contributed by atoms with E-state index in [0.29, 0.717) is 24.1 Å². The molecule has 1 aromatic carbocycles. The van der Waals surface area contributed by atoms with E-state index in [-0.39, 0.29) is 5.82 Å². The molecule has 25 heavy (non-hydrogen) atoms. The van der Waals surface area contributed by atoms with Crippen LogP contribution in [0.5, 0.6) is 5.75 Å². The van der Waals surface area contributed by atoms with Crippen molar-refractivity contribution in [3.63, 3.8) is 0 Å². The van der Waals surface area contributed by atoms with E-state index in [1.165, 1.54) is 17.3 Å². The van der Waals surface area contributed by atoms with E-state index in [1.807, 2.05) is 18.3 Å². The van der Waals surface area contributed by atoms with Gasteiger partial charge in [0.1, 0.15) is 11.6 Å². The summed E-state index contributed by atoms with van der Waals surface area (Å²) < 4.78 is 19.3. The van der Waals surface area contributed by atoms with Gasteiger partial charge in [-0.2, -0.15) is 5.10 Å². The molecule has 0 saturated carbocycles. The van der Waals surface area contributed by atoms with Gasteiger partial charge in [-0.3, -0.25) is 10.00 Å². The molecule has 136 valence electrons. The Labute approximate surface area is 149 Å². The van der Waals surface area contributed by atoms with Crippen molar-refractivity contribution in [2.24, 2.45) is 5.92 Å². The maximum Gasteiger partial charge on any atom is 0.131 e. The van der Waals surface area contributed by atoms with Gasteiger partial charge >= 0.3 is 0 Å². The number of benzene rings is 1. The molecule has 0 bridgehead atoms. The minimum atomic E-state index is -0.191. The van der Waals surface area contributed by atoms with E-state index < -0.39 is 0 Å². The molecule has 1 fully saturated rings. The Morgan fingerprint density at radius 3 is 2.92 bits per heavy atom. The van der Waals surface area contributed by atoms with Crippen molar-refractivity contribution in [2.45, 2.75) is 45.6 Å². The summed E-state index contributed by atoms with van der Waals surface area (Å²) in [5.74, 6) is 1.44. The van der Waals surface area contributed by atoms with Crippen molar-refractivity contribution in [1.82, 2.24) is 15.1 Å². The first-order valence-corrected chi connectivity index (χ1v) is 9.13. The third kappa shape index (κ3) is 4.40. The van der Waals surface area contributed by atoms with Crippen molar-refractivity contribution in [1.29, 1.82) is 0 Å². The molecule has 1 aromatic heterocycles. The first-order chi connectivity index (χ1) is 12.1. The van der Waals surface area contributed by atoms with Gasteiger partial charge in [0, 0.05) is 36.3 Å². The van der Waals surface area contributed by atoms with Gasteiger partial charge < -0.3 is 4.74 Å². The first-order valence-electron chi connectivity index (χ1n) is 9.13. The Morgan fingerprint density at radius 2 is 2.20 bits per heavy atom. The van der Waals surface area contributed by atoms with Gasteiger partial charge in [0.25, 0.3) is 0 Å². The normalized spacial score (nSPS) is 18.7. The molecule has 0 radical (unpaired) electrons. The minimum Gasteiger partial charge on any atom is -0.497 e. The van der Waals surface area contributed by atoms with E-state index in [1.54, 1.807) is 7.11 Å². The van der Waals surface area contributed by atoms with Crippen LogP contribution < -0.4 is 4.74 Å². The quantitative estimate of drug-likeness (QED) is 0.856. The van der Waals surface area contributed by atoms with Gasteiger partial charge in [-0.15, -0.1) is 0 Å². The lowest BCUT2D eigenvalue weighted by atomic mass is 9.90. The fourth-order valence-corrected chi connectivity index (χ4v) is 3.74. The Kier molecular flexibility index (Phi) is 5.74. The van der Waals surface area contributed by atoms with Crippen molar-refractivity contribution in [3.05, 3.63) is 47.0 Å². The second-order valence-electron chi connectivity index (χ2n) is 7.44. The molecule has 1 aliphatic heterocycles. The van der Waals surface area contributed by atoms with Crippen LogP contribution in [-0.2, 0) is 13.0 Å². The molecule has 4 nitrogen and oxygen atoms in total. The first kappa shape index (κ1) is 17.9. The number of rotatable bonds is 6. The number of hydrogen-bond acceptors (Lipinski definition) is 3. The lowest BCUT2D eigenvalue weighted by molar-refractivity contribution is 0.195. The zero-order valence-electron chi connectivity index (χ0n) is 15.4. The fraction of sp³-hybridized carbons (Fsp3) is 0.550. The highest BCUT2D eigenvalue weighted by Gasteiger charge is 2.25. The predicted octanol–water partition coefficient (Wildman–Crippen LogP) is 4.14. The second-order valence-corrected chi connectivity index (χ2v) is 7.44. The molecule has 0 aliphatic carbocycles. The standard InChI is InChI=1S/C20H28FN3O/c1-14(2)9-17-11-22-23-20(17)16-5-4-8-24(13-16)12-15-6-7-18(25-3)10-19(15)21/h6-7,10-11,14,16H,4-5,8-9,12-13H2,1-3H3,(H,22,23)/t16-/m0/s1. The zero-order chi connectivity index (χ0) is 17.8. The number of aromatic nitrogens is 2. The highest BCUT2D eigenvalue weighted by molar-refractivity contribution is 5.29.